The predicted molar refractivity (Wildman–Crippen MR) is 82.0 cm³/mol. The molecule has 1 aliphatic rings. The number of aliphatic hydroxyl groups is 1. The fourth-order valence-electron chi connectivity index (χ4n) is 2.70. The Bertz CT molecular complexity index is 460. The van der Waals surface area contributed by atoms with Gasteiger partial charge in [0.15, 0.2) is 0 Å². The molecule has 0 spiro atoms. The van der Waals surface area contributed by atoms with E-state index in [0.717, 1.165) is 5.69 Å². The third-order valence-electron chi connectivity index (χ3n) is 4.08. The number of carbonyl (C=O) groups excluding carboxylic acids is 1. The summed E-state index contributed by atoms with van der Waals surface area (Å²) in [5, 5.41) is 19.0. The molecule has 1 aliphatic carbocycles. The van der Waals surface area contributed by atoms with E-state index in [4.69, 9.17) is 5.11 Å². The number of aromatic nitrogens is 2. The molecule has 21 heavy (non-hydrogen) atoms. The Kier molecular flexibility index (Phi) is 5.22. The first-order valence-corrected chi connectivity index (χ1v) is 7.65. The Morgan fingerprint density at radius 3 is 2.86 bits per heavy atom. The second-order valence-corrected chi connectivity index (χ2v) is 6.58. The summed E-state index contributed by atoms with van der Waals surface area (Å²) in [6, 6.07) is 0.499. The van der Waals surface area contributed by atoms with Crippen molar-refractivity contribution in [2.75, 3.05) is 18.5 Å². The van der Waals surface area contributed by atoms with E-state index >= 15 is 0 Å². The van der Waals surface area contributed by atoms with E-state index in [-0.39, 0.29) is 25.6 Å². The number of amides is 1. The number of hydrogen-bond donors (Lipinski definition) is 3. The van der Waals surface area contributed by atoms with Gasteiger partial charge in [-0.2, -0.15) is 5.10 Å². The lowest BCUT2D eigenvalue weighted by Gasteiger charge is -2.34. The topological polar surface area (TPSA) is 79.2 Å². The van der Waals surface area contributed by atoms with Crippen molar-refractivity contribution in [2.45, 2.75) is 52.1 Å². The summed E-state index contributed by atoms with van der Waals surface area (Å²) in [5.74, 6) is -0.141. The zero-order chi connectivity index (χ0) is 15.3. The van der Waals surface area contributed by atoms with E-state index in [1.807, 2.05) is 6.20 Å². The quantitative estimate of drug-likeness (QED) is 0.740. The van der Waals surface area contributed by atoms with Crippen LogP contribution in [0.5, 0.6) is 0 Å². The third-order valence-corrected chi connectivity index (χ3v) is 4.08. The Hall–Kier alpha value is -1.56. The highest BCUT2D eigenvalue weighted by atomic mass is 16.3. The minimum atomic E-state index is -0.141. The monoisotopic (exact) mass is 294 g/mol. The highest BCUT2D eigenvalue weighted by molar-refractivity contribution is 5.75. The summed E-state index contributed by atoms with van der Waals surface area (Å²) in [5.41, 5.74) is 1.43. The molecule has 118 valence electrons. The van der Waals surface area contributed by atoms with Gasteiger partial charge in [-0.3, -0.25) is 9.48 Å². The van der Waals surface area contributed by atoms with E-state index < -0.39 is 0 Å². The van der Waals surface area contributed by atoms with Crippen molar-refractivity contribution < 1.29 is 9.90 Å². The second-order valence-electron chi connectivity index (χ2n) is 6.58. The van der Waals surface area contributed by atoms with E-state index in [1.165, 1.54) is 25.7 Å². The summed E-state index contributed by atoms with van der Waals surface area (Å²) >= 11 is 0. The summed E-state index contributed by atoms with van der Waals surface area (Å²) in [7, 11) is 0. The van der Waals surface area contributed by atoms with Gasteiger partial charge in [0.1, 0.15) is 6.54 Å². The molecular formula is C15H26N4O2. The van der Waals surface area contributed by atoms with Crippen LogP contribution in [0.2, 0.25) is 0 Å². The summed E-state index contributed by atoms with van der Waals surface area (Å²) in [4.78, 5) is 11.5. The zero-order valence-corrected chi connectivity index (χ0v) is 12.9. The molecule has 1 aromatic heterocycles. The van der Waals surface area contributed by atoms with Gasteiger partial charge >= 0.3 is 0 Å². The number of carbonyl (C=O) groups is 1. The van der Waals surface area contributed by atoms with Crippen molar-refractivity contribution in [3.63, 3.8) is 0 Å². The maximum absolute atomic E-state index is 11.5. The standard InChI is InChI=1S/C15H26N4O2/c1-15(2)5-3-12(4-6-15)18-13-9-17-19(10-13)11-14(21)16-7-8-20/h9-10,12,18,20H,3-8,11H2,1-2H3,(H,16,21). The number of hydrogen-bond acceptors (Lipinski definition) is 4. The van der Waals surface area contributed by atoms with Crippen LogP contribution in [0.25, 0.3) is 0 Å². The molecule has 0 bridgehead atoms. The largest absolute Gasteiger partial charge is 0.395 e. The van der Waals surface area contributed by atoms with Gasteiger partial charge < -0.3 is 15.7 Å². The number of rotatable bonds is 6. The van der Waals surface area contributed by atoms with E-state index in [1.54, 1.807) is 10.9 Å². The van der Waals surface area contributed by atoms with Crippen LogP contribution in [-0.2, 0) is 11.3 Å². The Balaban J connectivity index is 1.79. The number of anilines is 1. The van der Waals surface area contributed by atoms with Crippen LogP contribution in [0.3, 0.4) is 0 Å². The number of nitrogens with zero attached hydrogens (tertiary/aromatic N) is 2. The molecule has 0 saturated heterocycles. The van der Waals surface area contributed by atoms with Crippen LogP contribution in [-0.4, -0.2) is 40.0 Å². The van der Waals surface area contributed by atoms with Gasteiger partial charge in [-0.15, -0.1) is 0 Å². The first-order chi connectivity index (χ1) is 9.98. The van der Waals surface area contributed by atoms with Gasteiger partial charge in [-0.25, -0.2) is 0 Å². The highest BCUT2D eigenvalue weighted by Gasteiger charge is 2.26. The molecular weight excluding hydrogens is 268 g/mol. The average Bonchev–Trinajstić information content (AvgIpc) is 2.86. The summed E-state index contributed by atoms with van der Waals surface area (Å²) < 4.78 is 1.61. The van der Waals surface area contributed by atoms with Gasteiger partial charge in [0, 0.05) is 18.8 Å². The van der Waals surface area contributed by atoms with Crippen molar-refractivity contribution in [1.29, 1.82) is 0 Å². The lowest BCUT2D eigenvalue weighted by Crippen LogP contribution is -2.30. The highest BCUT2D eigenvalue weighted by Crippen LogP contribution is 2.35. The maximum Gasteiger partial charge on any atom is 0.241 e. The predicted octanol–water partition coefficient (Wildman–Crippen LogP) is 1.37. The SMILES string of the molecule is CC1(C)CCC(Nc2cnn(CC(=O)NCCO)c2)CC1. The molecule has 6 heteroatoms. The second kappa shape index (κ2) is 6.93. The smallest absolute Gasteiger partial charge is 0.241 e. The van der Waals surface area contributed by atoms with Gasteiger partial charge in [0.05, 0.1) is 18.5 Å². The lowest BCUT2D eigenvalue weighted by molar-refractivity contribution is -0.122. The van der Waals surface area contributed by atoms with Gasteiger partial charge in [0.2, 0.25) is 5.91 Å². The molecule has 6 nitrogen and oxygen atoms in total. The van der Waals surface area contributed by atoms with Gasteiger partial charge in [-0.05, 0) is 31.1 Å². The normalized spacial score (nSPS) is 18.4. The van der Waals surface area contributed by atoms with Gasteiger partial charge in [-0.1, -0.05) is 13.8 Å². The number of aliphatic hydroxyl groups excluding tert-OH is 1. The average molecular weight is 294 g/mol. The molecule has 0 aliphatic heterocycles. The summed E-state index contributed by atoms with van der Waals surface area (Å²) in [6.45, 7) is 5.07. The fraction of sp³-hybridized carbons (Fsp3) is 0.733. The fourth-order valence-corrected chi connectivity index (χ4v) is 2.70. The van der Waals surface area contributed by atoms with E-state index in [2.05, 4.69) is 29.6 Å². The molecule has 3 N–H and O–H groups in total. The Morgan fingerprint density at radius 1 is 1.48 bits per heavy atom. The molecule has 2 rings (SSSR count). The van der Waals surface area contributed by atoms with Crippen molar-refractivity contribution in [2.24, 2.45) is 5.41 Å². The van der Waals surface area contributed by atoms with E-state index in [0.29, 0.717) is 11.5 Å². The lowest BCUT2D eigenvalue weighted by atomic mass is 9.75. The van der Waals surface area contributed by atoms with Crippen LogP contribution >= 0.6 is 0 Å². The molecule has 0 atom stereocenters. The first kappa shape index (κ1) is 15.8. The number of nitrogens with one attached hydrogen (secondary N) is 2. The zero-order valence-electron chi connectivity index (χ0n) is 12.9. The molecule has 1 amide bonds. The van der Waals surface area contributed by atoms with Gasteiger partial charge in [0.25, 0.3) is 0 Å². The van der Waals surface area contributed by atoms with Crippen LogP contribution in [0.4, 0.5) is 5.69 Å². The van der Waals surface area contributed by atoms with Crippen LogP contribution in [0.1, 0.15) is 39.5 Å². The minimum absolute atomic E-state index is 0.0460. The molecule has 1 aromatic rings. The molecule has 1 fully saturated rings. The first-order valence-electron chi connectivity index (χ1n) is 7.65. The van der Waals surface area contributed by atoms with Crippen molar-refractivity contribution in [3.8, 4) is 0 Å². The van der Waals surface area contributed by atoms with Crippen LogP contribution in [0, 0.1) is 5.41 Å². The Labute approximate surface area is 125 Å². The van der Waals surface area contributed by atoms with Crippen molar-refractivity contribution in [1.82, 2.24) is 15.1 Å². The summed E-state index contributed by atoms with van der Waals surface area (Å²) in [6.07, 6.45) is 8.45. The molecule has 0 radical (unpaired) electrons. The third kappa shape index (κ3) is 5.04. The minimum Gasteiger partial charge on any atom is -0.395 e. The van der Waals surface area contributed by atoms with Crippen LogP contribution in [0.15, 0.2) is 12.4 Å². The van der Waals surface area contributed by atoms with Crippen molar-refractivity contribution in [3.05, 3.63) is 12.4 Å². The molecule has 1 heterocycles. The molecule has 0 aromatic carbocycles. The van der Waals surface area contributed by atoms with Crippen LogP contribution < -0.4 is 10.6 Å². The van der Waals surface area contributed by atoms with Crippen molar-refractivity contribution >= 4 is 11.6 Å². The Morgan fingerprint density at radius 2 is 2.19 bits per heavy atom. The van der Waals surface area contributed by atoms with E-state index in [9.17, 15) is 4.79 Å². The molecule has 1 saturated carbocycles. The maximum atomic E-state index is 11.5. The molecule has 0 unspecified atom stereocenters.